The summed E-state index contributed by atoms with van der Waals surface area (Å²) in [7, 11) is 0.976. The van der Waals surface area contributed by atoms with Crippen molar-refractivity contribution in [2.45, 2.75) is 50.1 Å². The number of hydrogen-bond donors (Lipinski definition) is 1. The molecule has 8 heteroatoms. The largest absolute Gasteiger partial charge is 0.496 e. The van der Waals surface area contributed by atoms with Gasteiger partial charge in [0.25, 0.3) is 0 Å². The van der Waals surface area contributed by atoms with Gasteiger partial charge in [0.2, 0.25) is 15.9 Å². The highest BCUT2D eigenvalue weighted by molar-refractivity contribution is 7.89. The predicted octanol–water partition coefficient (Wildman–Crippen LogP) is 3.18. The number of amides is 1. The Bertz CT molecular complexity index is 1050. The molecule has 1 aliphatic rings. The van der Waals surface area contributed by atoms with Crippen molar-refractivity contribution in [1.82, 2.24) is 14.5 Å². The smallest absolute Gasteiger partial charge is 0.242 e. The molecule has 7 nitrogen and oxygen atoms in total. The summed E-state index contributed by atoms with van der Waals surface area (Å²) in [6, 6.07) is 13.1. The molecule has 1 saturated heterocycles. The number of hydrogen-bond acceptors (Lipinski definition) is 5. The van der Waals surface area contributed by atoms with Gasteiger partial charge in [-0.05, 0) is 67.2 Å². The topological polar surface area (TPSA) is 79.0 Å². The number of benzene rings is 2. The van der Waals surface area contributed by atoms with Crippen molar-refractivity contribution >= 4 is 15.9 Å². The molecule has 0 saturated carbocycles. The van der Waals surface area contributed by atoms with Crippen LogP contribution < -0.4 is 10.1 Å². The molecule has 3 rings (SSSR count). The number of carbonyl (C=O) groups excluding carboxylic acids is 1. The van der Waals surface area contributed by atoms with Gasteiger partial charge in [-0.25, -0.2) is 12.7 Å². The Kier molecular flexibility index (Phi) is 8.88. The molecule has 1 amide bonds. The Morgan fingerprint density at radius 3 is 2.48 bits per heavy atom. The minimum Gasteiger partial charge on any atom is -0.496 e. The lowest BCUT2D eigenvalue weighted by atomic mass is 10.1. The SMILES string of the molecule is COc1ccc(S(=O)(=O)N(C)C)cc1CCC(=O)NCc1cccc(CN2CCCCC2)c1. The van der Waals surface area contributed by atoms with E-state index < -0.39 is 10.0 Å². The van der Waals surface area contributed by atoms with Gasteiger partial charge in [-0.2, -0.15) is 0 Å². The number of methoxy groups -OCH3 is 1. The third-order valence-electron chi connectivity index (χ3n) is 5.99. The first-order valence-electron chi connectivity index (χ1n) is 11.5. The lowest BCUT2D eigenvalue weighted by Crippen LogP contribution is -2.29. The summed E-state index contributed by atoms with van der Waals surface area (Å²) in [5.41, 5.74) is 3.04. The maximum absolute atomic E-state index is 12.5. The molecular formula is C25H35N3O4S. The van der Waals surface area contributed by atoms with E-state index >= 15 is 0 Å². The van der Waals surface area contributed by atoms with Crippen LogP contribution in [-0.2, 0) is 34.3 Å². The van der Waals surface area contributed by atoms with Crippen molar-refractivity contribution in [3.8, 4) is 5.75 Å². The van der Waals surface area contributed by atoms with Gasteiger partial charge in [0.05, 0.1) is 12.0 Å². The van der Waals surface area contributed by atoms with Crippen molar-refractivity contribution < 1.29 is 17.9 Å². The number of carbonyl (C=O) groups is 1. The summed E-state index contributed by atoms with van der Waals surface area (Å²) in [6.45, 7) is 3.73. The molecule has 1 heterocycles. The first-order valence-corrected chi connectivity index (χ1v) is 12.9. The van der Waals surface area contributed by atoms with Crippen molar-refractivity contribution in [1.29, 1.82) is 0 Å². The van der Waals surface area contributed by atoms with E-state index in [2.05, 4.69) is 22.3 Å². The van der Waals surface area contributed by atoms with Crippen LogP contribution in [0.5, 0.6) is 5.75 Å². The molecule has 0 spiro atoms. The van der Waals surface area contributed by atoms with Gasteiger partial charge in [-0.1, -0.05) is 30.7 Å². The van der Waals surface area contributed by atoms with Crippen LogP contribution in [0.1, 0.15) is 42.4 Å². The number of likely N-dealkylation sites (tertiary alicyclic amines) is 1. The van der Waals surface area contributed by atoms with E-state index in [9.17, 15) is 13.2 Å². The molecular weight excluding hydrogens is 438 g/mol. The Labute approximate surface area is 197 Å². The molecule has 0 aliphatic carbocycles. The number of aryl methyl sites for hydroxylation is 1. The van der Waals surface area contributed by atoms with Crippen LogP contribution in [0.15, 0.2) is 47.4 Å². The molecule has 33 heavy (non-hydrogen) atoms. The normalized spacial score (nSPS) is 14.9. The van der Waals surface area contributed by atoms with Gasteiger partial charge in [-0.3, -0.25) is 9.69 Å². The zero-order valence-corrected chi connectivity index (χ0v) is 20.7. The Morgan fingerprint density at radius 2 is 1.79 bits per heavy atom. The summed E-state index contributed by atoms with van der Waals surface area (Å²) in [4.78, 5) is 15.2. The number of nitrogens with zero attached hydrogens (tertiary/aromatic N) is 2. The van der Waals surface area contributed by atoms with Crippen molar-refractivity contribution in [3.63, 3.8) is 0 Å². The van der Waals surface area contributed by atoms with Gasteiger partial charge >= 0.3 is 0 Å². The maximum atomic E-state index is 12.5. The lowest BCUT2D eigenvalue weighted by Gasteiger charge is -2.26. The van der Waals surface area contributed by atoms with E-state index in [0.29, 0.717) is 24.3 Å². The Morgan fingerprint density at radius 1 is 1.06 bits per heavy atom. The first kappa shape index (κ1) is 25.2. The summed E-state index contributed by atoms with van der Waals surface area (Å²) in [6.07, 6.45) is 4.50. The van der Waals surface area contributed by atoms with E-state index in [-0.39, 0.29) is 17.2 Å². The van der Waals surface area contributed by atoms with Crippen LogP contribution in [0.4, 0.5) is 0 Å². The minimum absolute atomic E-state index is 0.0839. The standard InChI is InChI=1S/C25H35N3O4S/c1-27(2)33(30,31)23-11-12-24(32-3)22(17-23)10-13-25(29)26-18-20-8-7-9-21(16-20)19-28-14-5-4-6-15-28/h7-9,11-12,16-17H,4-6,10,13-15,18-19H2,1-3H3,(H,26,29). The molecule has 1 aliphatic heterocycles. The van der Waals surface area contributed by atoms with Gasteiger partial charge in [0.15, 0.2) is 0 Å². The predicted molar refractivity (Wildman–Crippen MR) is 130 cm³/mol. The van der Waals surface area contributed by atoms with Crippen LogP contribution in [0.2, 0.25) is 0 Å². The second kappa shape index (κ2) is 11.6. The molecule has 2 aromatic rings. The number of piperidine rings is 1. The minimum atomic E-state index is -3.55. The summed E-state index contributed by atoms with van der Waals surface area (Å²) >= 11 is 0. The van der Waals surface area contributed by atoms with Crippen LogP contribution in [0, 0.1) is 0 Å². The molecule has 0 bridgehead atoms. The fraction of sp³-hybridized carbons (Fsp3) is 0.480. The third kappa shape index (κ3) is 7.03. The quantitative estimate of drug-likeness (QED) is 0.573. The van der Waals surface area contributed by atoms with E-state index in [1.807, 2.05) is 12.1 Å². The fourth-order valence-electron chi connectivity index (χ4n) is 4.07. The first-order chi connectivity index (χ1) is 15.8. The van der Waals surface area contributed by atoms with Crippen LogP contribution in [0.25, 0.3) is 0 Å². The molecule has 180 valence electrons. The van der Waals surface area contributed by atoms with Crippen LogP contribution >= 0.6 is 0 Å². The van der Waals surface area contributed by atoms with Crippen molar-refractivity contribution in [2.75, 3.05) is 34.3 Å². The van der Waals surface area contributed by atoms with Gasteiger partial charge in [0, 0.05) is 33.6 Å². The highest BCUT2D eigenvalue weighted by Crippen LogP contribution is 2.25. The maximum Gasteiger partial charge on any atom is 0.242 e. The van der Waals surface area contributed by atoms with E-state index in [0.717, 1.165) is 25.2 Å². The van der Waals surface area contributed by atoms with Gasteiger partial charge in [-0.15, -0.1) is 0 Å². The Hall–Kier alpha value is -2.42. The molecule has 1 fully saturated rings. The Balaban J connectivity index is 1.56. The molecule has 0 unspecified atom stereocenters. The van der Waals surface area contributed by atoms with Gasteiger partial charge in [0.1, 0.15) is 5.75 Å². The fourth-order valence-corrected chi connectivity index (χ4v) is 5.03. The summed E-state index contributed by atoms with van der Waals surface area (Å²) in [5.74, 6) is 0.491. The number of nitrogens with one attached hydrogen (secondary N) is 1. The molecule has 0 atom stereocenters. The van der Waals surface area contributed by atoms with Crippen LogP contribution in [-0.4, -0.2) is 57.8 Å². The number of sulfonamides is 1. The lowest BCUT2D eigenvalue weighted by molar-refractivity contribution is -0.121. The van der Waals surface area contributed by atoms with Crippen LogP contribution in [0.3, 0.4) is 0 Å². The molecule has 0 radical (unpaired) electrons. The average molecular weight is 474 g/mol. The van der Waals surface area contributed by atoms with E-state index in [1.54, 1.807) is 12.1 Å². The monoisotopic (exact) mass is 473 g/mol. The third-order valence-corrected chi connectivity index (χ3v) is 7.80. The summed E-state index contributed by atoms with van der Waals surface area (Å²) < 4.78 is 31.4. The highest BCUT2D eigenvalue weighted by atomic mass is 32.2. The molecule has 0 aromatic heterocycles. The molecule has 1 N–H and O–H groups in total. The van der Waals surface area contributed by atoms with Crippen molar-refractivity contribution in [2.24, 2.45) is 0 Å². The second-order valence-electron chi connectivity index (χ2n) is 8.69. The molecule has 2 aromatic carbocycles. The zero-order valence-electron chi connectivity index (χ0n) is 19.8. The second-order valence-corrected chi connectivity index (χ2v) is 10.8. The van der Waals surface area contributed by atoms with Gasteiger partial charge < -0.3 is 10.1 Å². The number of rotatable bonds is 10. The average Bonchev–Trinajstić information content (AvgIpc) is 2.82. The highest BCUT2D eigenvalue weighted by Gasteiger charge is 2.19. The van der Waals surface area contributed by atoms with Crippen molar-refractivity contribution in [3.05, 3.63) is 59.2 Å². The van der Waals surface area contributed by atoms with E-state index in [1.165, 1.54) is 56.4 Å². The van der Waals surface area contributed by atoms with E-state index in [4.69, 9.17) is 4.74 Å². The zero-order chi connectivity index (χ0) is 23.8. The summed E-state index contributed by atoms with van der Waals surface area (Å²) in [5, 5.41) is 2.98. The number of ether oxygens (including phenoxy) is 1.